The number of carbonyl (C=O) groups is 1. The summed E-state index contributed by atoms with van der Waals surface area (Å²) >= 11 is 13.5. The number of aromatic nitrogens is 1. The average Bonchev–Trinajstić information content (AvgIpc) is 2.96. The van der Waals surface area contributed by atoms with Crippen LogP contribution in [0, 0.1) is 0 Å². The summed E-state index contributed by atoms with van der Waals surface area (Å²) in [7, 11) is 0. The molecule has 140 valence electrons. The van der Waals surface area contributed by atoms with Crippen molar-refractivity contribution < 1.29 is 9.53 Å². The van der Waals surface area contributed by atoms with Gasteiger partial charge in [0.15, 0.2) is 5.13 Å². The first-order valence-electron chi connectivity index (χ1n) is 8.45. The van der Waals surface area contributed by atoms with E-state index in [1.807, 2.05) is 26.0 Å². The Balaban J connectivity index is 1.54. The van der Waals surface area contributed by atoms with Crippen molar-refractivity contribution in [3.05, 3.63) is 44.9 Å². The van der Waals surface area contributed by atoms with Crippen LogP contribution >= 0.6 is 34.5 Å². The Morgan fingerprint density at radius 1 is 1.31 bits per heavy atom. The standard InChI is InChI=1S/C18H21Cl2N3O2S/c1-11-8-23(9-12(2)25-11)10-17(24)22-18-21-7-14(26-18)5-13-3-4-15(19)16(20)6-13/h3-4,6-7,11-12H,5,8-10H2,1-2H3,(H,21,22,24)/t11-,12-/m0/s1. The molecule has 2 aromatic rings. The fraction of sp³-hybridized carbons (Fsp3) is 0.444. The maximum Gasteiger partial charge on any atom is 0.240 e. The van der Waals surface area contributed by atoms with Crippen LogP contribution in [0.2, 0.25) is 10.0 Å². The first-order chi connectivity index (χ1) is 12.4. The molecule has 0 bridgehead atoms. The highest BCUT2D eigenvalue weighted by atomic mass is 35.5. The van der Waals surface area contributed by atoms with E-state index < -0.39 is 0 Å². The molecule has 1 amide bonds. The zero-order chi connectivity index (χ0) is 18.7. The second-order valence-electron chi connectivity index (χ2n) is 6.56. The minimum atomic E-state index is -0.0539. The molecule has 1 aromatic carbocycles. The third kappa shape index (κ3) is 5.41. The normalized spacial score (nSPS) is 20.9. The number of amides is 1. The van der Waals surface area contributed by atoms with E-state index in [9.17, 15) is 4.79 Å². The van der Waals surface area contributed by atoms with Gasteiger partial charge in [0.1, 0.15) is 0 Å². The Morgan fingerprint density at radius 3 is 2.73 bits per heavy atom. The van der Waals surface area contributed by atoms with Crippen LogP contribution in [-0.2, 0) is 16.0 Å². The second kappa shape index (κ2) is 8.67. The van der Waals surface area contributed by atoms with Crippen molar-refractivity contribution in [2.45, 2.75) is 32.5 Å². The molecule has 26 heavy (non-hydrogen) atoms. The van der Waals surface area contributed by atoms with E-state index in [2.05, 4.69) is 15.2 Å². The van der Waals surface area contributed by atoms with E-state index in [1.54, 1.807) is 12.3 Å². The van der Waals surface area contributed by atoms with Crippen LogP contribution in [0.1, 0.15) is 24.3 Å². The highest BCUT2D eigenvalue weighted by molar-refractivity contribution is 7.15. The number of hydrogen-bond acceptors (Lipinski definition) is 5. The number of hydrogen-bond donors (Lipinski definition) is 1. The molecule has 2 heterocycles. The molecule has 0 saturated carbocycles. The Labute approximate surface area is 167 Å². The zero-order valence-corrected chi connectivity index (χ0v) is 17.0. The number of carbonyl (C=O) groups excluding carboxylic acids is 1. The van der Waals surface area contributed by atoms with Crippen molar-refractivity contribution in [3.63, 3.8) is 0 Å². The first kappa shape index (κ1) is 19.6. The van der Waals surface area contributed by atoms with Crippen LogP contribution < -0.4 is 5.32 Å². The van der Waals surface area contributed by atoms with Crippen molar-refractivity contribution in [1.82, 2.24) is 9.88 Å². The van der Waals surface area contributed by atoms with Crippen molar-refractivity contribution >= 4 is 45.6 Å². The van der Waals surface area contributed by atoms with Crippen LogP contribution in [0.15, 0.2) is 24.4 Å². The number of thiazole rings is 1. The number of nitrogens with one attached hydrogen (secondary N) is 1. The maximum absolute atomic E-state index is 12.3. The van der Waals surface area contributed by atoms with Crippen LogP contribution in [0.4, 0.5) is 5.13 Å². The molecule has 1 saturated heterocycles. The van der Waals surface area contributed by atoms with Crippen LogP contribution in [0.3, 0.4) is 0 Å². The molecule has 1 fully saturated rings. The molecule has 0 unspecified atom stereocenters. The Bertz CT molecular complexity index is 774. The minimum absolute atomic E-state index is 0.0539. The number of rotatable bonds is 5. The molecule has 0 spiro atoms. The molecule has 0 aliphatic carbocycles. The van der Waals surface area contributed by atoms with Gasteiger partial charge in [0.25, 0.3) is 0 Å². The van der Waals surface area contributed by atoms with E-state index in [0.29, 0.717) is 28.1 Å². The highest BCUT2D eigenvalue weighted by Crippen LogP contribution is 2.26. The van der Waals surface area contributed by atoms with Gasteiger partial charge in [0.2, 0.25) is 5.91 Å². The number of ether oxygens (including phenoxy) is 1. The Morgan fingerprint density at radius 2 is 2.04 bits per heavy atom. The fourth-order valence-corrected chi connectivity index (χ4v) is 4.26. The van der Waals surface area contributed by atoms with Crippen LogP contribution in [-0.4, -0.2) is 47.6 Å². The Kier molecular flexibility index (Phi) is 6.53. The molecule has 1 N–H and O–H groups in total. The summed E-state index contributed by atoms with van der Waals surface area (Å²) < 4.78 is 5.69. The molecular formula is C18H21Cl2N3O2S. The van der Waals surface area contributed by atoms with Gasteiger partial charge in [-0.05, 0) is 31.5 Å². The van der Waals surface area contributed by atoms with Gasteiger partial charge in [-0.3, -0.25) is 9.69 Å². The van der Waals surface area contributed by atoms with Gasteiger partial charge < -0.3 is 10.1 Å². The van der Waals surface area contributed by atoms with Gasteiger partial charge in [0.05, 0.1) is 28.8 Å². The van der Waals surface area contributed by atoms with E-state index in [1.165, 1.54) is 11.3 Å². The van der Waals surface area contributed by atoms with Gasteiger partial charge in [-0.25, -0.2) is 4.98 Å². The summed E-state index contributed by atoms with van der Waals surface area (Å²) in [5, 5.41) is 4.57. The Hall–Kier alpha value is -1.18. The van der Waals surface area contributed by atoms with Gasteiger partial charge in [-0.15, -0.1) is 11.3 Å². The summed E-state index contributed by atoms with van der Waals surface area (Å²) in [4.78, 5) is 19.7. The van der Waals surface area contributed by atoms with E-state index in [0.717, 1.165) is 23.5 Å². The van der Waals surface area contributed by atoms with Crippen molar-refractivity contribution in [1.29, 1.82) is 0 Å². The van der Waals surface area contributed by atoms with Crippen molar-refractivity contribution in [3.8, 4) is 0 Å². The van der Waals surface area contributed by atoms with Gasteiger partial charge in [0, 0.05) is 30.6 Å². The topological polar surface area (TPSA) is 54.5 Å². The van der Waals surface area contributed by atoms with Gasteiger partial charge in [-0.2, -0.15) is 0 Å². The van der Waals surface area contributed by atoms with Gasteiger partial charge >= 0.3 is 0 Å². The van der Waals surface area contributed by atoms with E-state index >= 15 is 0 Å². The summed E-state index contributed by atoms with van der Waals surface area (Å²) in [5.74, 6) is -0.0539. The number of benzene rings is 1. The lowest BCUT2D eigenvalue weighted by Crippen LogP contribution is -2.48. The lowest BCUT2D eigenvalue weighted by molar-refractivity contribution is -0.121. The quantitative estimate of drug-likeness (QED) is 0.801. The molecular weight excluding hydrogens is 393 g/mol. The minimum Gasteiger partial charge on any atom is -0.373 e. The first-order valence-corrected chi connectivity index (χ1v) is 10.0. The summed E-state index contributed by atoms with van der Waals surface area (Å²) in [6.45, 7) is 5.92. The summed E-state index contributed by atoms with van der Waals surface area (Å²) in [6, 6.07) is 5.57. The molecule has 3 rings (SSSR count). The fourth-order valence-electron chi connectivity index (χ4n) is 3.07. The predicted octanol–water partition coefficient (Wildman–Crippen LogP) is 4.09. The largest absolute Gasteiger partial charge is 0.373 e. The molecule has 8 heteroatoms. The lowest BCUT2D eigenvalue weighted by Gasteiger charge is -2.34. The lowest BCUT2D eigenvalue weighted by atomic mass is 10.1. The number of anilines is 1. The molecule has 1 aliphatic rings. The average molecular weight is 414 g/mol. The smallest absolute Gasteiger partial charge is 0.240 e. The zero-order valence-electron chi connectivity index (χ0n) is 14.7. The monoisotopic (exact) mass is 413 g/mol. The van der Waals surface area contributed by atoms with Gasteiger partial charge in [-0.1, -0.05) is 29.3 Å². The molecule has 1 aromatic heterocycles. The second-order valence-corrected chi connectivity index (χ2v) is 8.49. The van der Waals surface area contributed by atoms with Crippen LogP contribution in [0.25, 0.3) is 0 Å². The molecule has 0 radical (unpaired) electrons. The van der Waals surface area contributed by atoms with E-state index in [4.69, 9.17) is 27.9 Å². The van der Waals surface area contributed by atoms with Crippen molar-refractivity contribution in [2.24, 2.45) is 0 Å². The summed E-state index contributed by atoms with van der Waals surface area (Å²) in [5.41, 5.74) is 1.05. The highest BCUT2D eigenvalue weighted by Gasteiger charge is 2.23. The third-order valence-electron chi connectivity index (χ3n) is 4.02. The maximum atomic E-state index is 12.3. The number of halogens is 2. The van der Waals surface area contributed by atoms with Crippen LogP contribution in [0.5, 0.6) is 0 Å². The third-order valence-corrected chi connectivity index (χ3v) is 5.68. The molecule has 2 atom stereocenters. The van der Waals surface area contributed by atoms with Crippen molar-refractivity contribution in [2.75, 3.05) is 25.0 Å². The SMILES string of the molecule is C[C@H]1CN(CC(=O)Nc2ncc(Cc3ccc(Cl)c(Cl)c3)s2)C[C@H](C)O1. The number of nitrogens with zero attached hydrogens (tertiary/aromatic N) is 2. The predicted molar refractivity (Wildman–Crippen MR) is 106 cm³/mol. The molecule has 5 nitrogen and oxygen atoms in total. The number of morpholine rings is 1. The molecule has 1 aliphatic heterocycles. The summed E-state index contributed by atoms with van der Waals surface area (Å²) in [6.07, 6.45) is 2.76. The van der Waals surface area contributed by atoms with E-state index in [-0.39, 0.29) is 18.1 Å².